The minimum Gasteiger partial charge on any atom is -0.445 e. The molecule has 0 aromatic carbocycles. The van der Waals surface area contributed by atoms with Crippen LogP contribution in [0.3, 0.4) is 0 Å². The average Bonchev–Trinajstić information content (AvgIpc) is 2.32. The topological polar surface area (TPSA) is 67.9 Å². The van der Waals surface area contributed by atoms with Crippen molar-refractivity contribution in [1.82, 2.24) is 10.4 Å². The van der Waals surface area contributed by atoms with E-state index in [2.05, 4.69) is 26.1 Å². The number of nitrogens with zero attached hydrogens (tertiary/aromatic N) is 1. The molecule has 110 valence electrons. The fourth-order valence-corrected chi connectivity index (χ4v) is 1.11. The molecule has 0 rings (SSSR count). The van der Waals surface area contributed by atoms with E-state index in [1.807, 2.05) is 6.08 Å². The molecule has 2 amide bonds. The number of allylic oxidation sites excluding steroid dienone is 1. The average molecular weight is 272 g/mol. The van der Waals surface area contributed by atoms with Gasteiger partial charge in [-0.2, -0.15) is 0 Å². The molecule has 0 saturated heterocycles. The van der Waals surface area contributed by atoms with Crippen molar-refractivity contribution < 1.29 is 19.2 Å². The number of amides is 2. The molecule has 6 heteroatoms. The number of nitrogens with one attached hydrogen (secondary N) is 1. The molecule has 0 atom stereocenters. The Morgan fingerprint density at radius 3 is 2.47 bits per heavy atom. The molecule has 0 aromatic heterocycles. The van der Waals surface area contributed by atoms with Crippen LogP contribution in [0.15, 0.2) is 12.2 Å². The third-order valence-electron chi connectivity index (χ3n) is 2.16. The van der Waals surface area contributed by atoms with Crippen molar-refractivity contribution in [1.29, 1.82) is 0 Å². The minimum absolute atomic E-state index is 0.0665. The van der Waals surface area contributed by atoms with Crippen LogP contribution in [0, 0.1) is 5.41 Å². The molecule has 0 aliphatic carbocycles. The van der Waals surface area contributed by atoms with E-state index >= 15 is 0 Å². The largest absolute Gasteiger partial charge is 0.445 e. The molecule has 19 heavy (non-hydrogen) atoms. The first-order chi connectivity index (χ1) is 8.76. The maximum Gasteiger partial charge on any atom is 0.407 e. The molecule has 0 saturated carbocycles. The van der Waals surface area contributed by atoms with Crippen molar-refractivity contribution in [2.75, 3.05) is 27.3 Å². The second-order valence-corrected chi connectivity index (χ2v) is 5.12. The van der Waals surface area contributed by atoms with Gasteiger partial charge >= 0.3 is 6.09 Å². The highest BCUT2D eigenvalue weighted by atomic mass is 16.7. The lowest BCUT2D eigenvalue weighted by Gasteiger charge is -2.13. The smallest absolute Gasteiger partial charge is 0.407 e. The normalized spacial score (nSPS) is 11.4. The molecule has 0 fully saturated rings. The van der Waals surface area contributed by atoms with E-state index in [4.69, 9.17) is 9.57 Å². The van der Waals surface area contributed by atoms with Crippen LogP contribution in [0.2, 0.25) is 0 Å². The Hall–Kier alpha value is -1.56. The van der Waals surface area contributed by atoms with Gasteiger partial charge in [-0.3, -0.25) is 9.63 Å². The summed E-state index contributed by atoms with van der Waals surface area (Å²) in [4.78, 5) is 27.3. The molecule has 0 radical (unpaired) electrons. The zero-order valence-electron chi connectivity index (χ0n) is 12.4. The Balaban J connectivity index is 3.72. The van der Waals surface area contributed by atoms with E-state index in [0.717, 1.165) is 5.06 Å². The number of alkyl carbamates (subject to hydrolysis) is 1. The molecule has 0 spiro atoms. The summed E-state index contributed by atoms with van der Waals surface area (Å²) < 4.78 is 4.91. The highest BCUT2D eigenvalue weighted by molar-refractivity contribution is 5.75. The molecule has 0 bridgehead atoms. The summed E-state index contributed by atoms with van der Waals surface area (Å²) in [5.41, 5.74) is 0.0665. The number of hydrogen-bond donors (Lipinski definition) is 1. The zero-order chi connectivity index (χ0) is 14.9. The van der Waals surface area contributed by atoms with Gasteiger partial charge in [-0.25, -0.2) is 9.86 Å². The Morgan fingerprint density at radius 2 is 1.95 bits per heavy atom. The summed E-state index contributed by atoms with van der Waals surface area (Å²) in [7, 11) is 2.92. The molecule has 0 heterocycles. The van der Waals surface area contributed by atoms with Crippen LogP contribution >= 0.6 is 0 Å². The fraction of sp³-hybridized carbons (Fsp3) is 0.692. The van der Waals surface area contributed by atoms with E-state index in [1.54, 1.807) is 6.08 Å². The van der Waals surface area contributed by atoms with Crippen molar-refractivity contribution in [2.24, 2.45) is 5.41 Å². The first-order valence-electron chi connectivity index (χ1n) is 6.15. The van der Waals surface area contributed by atoms with Gasteiger partial charge in [-0.15, -0.1) is 0 Å². The number of rotatable bonds is 6. The lowest BCUT2D eigenvalue weighted by Crippen LogP contribution is -2.31. The maximum absolute atomic E-state index is 11.3. The van der Waals surface area contributed by atoms with Crippen LogP contribution < -0.4 is 5.32 Å². The maximum atomic E-state index is 11.3. The lowest BCUT2D eigenvalue weighted by atomic mass is 9.96. The molecule has 0 unspecified atom stereocenters. The van der Waals surface area contributed by atoms with Gasteiger partial charge in [0.25, 0.3) is 0 Å². The van der Waals surface area contributed by atoms with Crippen molar-refractivity contribution >= 4 is 12.0 Å². The van der Waals surface area contributed by atoms with Gasteiger partial charge in [0, 0.05) is 20.0 Å². The second kappa shape index (κ2) is 8.53. The van der Waals surface area contributed by atoms with Gasteiger partial charge < -0.3 is 10.1 Å². The van der Waals surface area contributed by atoms with Crippen molar-refractivity contribution in [3.8, 4) is 0 Å². The van der Waals surface area contributed by atoms with Gasteiger partial charge in [0.05, 0.1) is 7.11 Å². The van der Waals surface area contributed by atoms with E-state index in [1.165, 1.54) is 14.2 Å². The van der Waals surface area contributed by atoms with Gasteiger partial charge in [-0.1, -0.05) is 32.9 Å². The van der Waals surface area contributed by atoms with Gasteiger partial charge in [0.1, 0.15) is 6.61 Å². The Bertz CT molecular complexity index is 321. The highest BCUT2D eigenvalue weighted by Crippen LogP contribution is 2.13. The van der Waals surface area contributed by atoms with Crippen LogP contribution in [0.1, 0.15) is 27.2 Å². The summed E-state index contributed by atoms with van der Waals surface area (Å²) in [5.74, 6) is -0.213. The lowest BCUT2D eigenvalue weighted by molar-refractivity contribution is -0.168. The van der Waals surface area contributed by atoms with E-state index in [9.17, 15) is 9.59 Å². The molecule has 6 nitrogen and oxygen atoms in total. The summed E-state index contributed by atoms with van der Waals surface area (Å²) in [6.07, 6.45) is 3.39. The fourth-order valence-electron chi connectivity index (χ4n) is 1.11. The van der Waals surface area contributed by atoms with E-state index in [-0.39, 0.29) is 30.9 Å². The van der Waals surface area contributed by atoms with Crippen molar-refractivity contribution in [3.63, 3.8) is 0 Å². The molecule has 1 N–H and O–H groups in total. The van der Waals surface area contributed by atoms with Crippen LogP contribution in [0.4, 0.5) is 4.79 Å². The Morgan fingerprint density at radius 1 is 1.32 bits per heavy atom. The minimum atomic E-state index is -0.536. The Kier molecular flexibility index (Phi) is 7.83. The van der Waals surface area contributed by atoms with Gasteiger partial charge in [-0.05, 0) is 5.41 Å². The van der Waals surface area contributed by atoms with E-state index < -0.39 is 6.09 Å². The number of carbonyl (C=O) groups excluding carboxylic acids is 2. The molecular weight excluding hydrogens is 248 g/mol. The number of ether oxygens (including phenoxy) is 1. The van der Waals surface area contributed by atoms with Crippen LogP contribution in [0.25, 0.3) is 0 Å². The molecule has 0 aromatic rings. The van der Waals surface area contributed by atoms with Gasteiger partial charge in [0.2, 0.25) is 5.91 Å². The van der Waals surface area contributed by atoms with Crippen LogP contribution in [0.5, 0.6) is 0 Å². The molecule has 0 aliphatic heterocycles. The van der Waals surface area contributed by atoms with E-state index in [0.29, 0.717) is 0 Å². The third-order valence-corrected chi connectivity index (χ3v) is 2.16. The first kappa shape index (κ1) is 17.4. The predicted octanol–water partition coefficient (Wildman–Crippen LogP) is 1.72. The summed E-state index contributed by atoms with van der Waals surface area (Å²) in [6, 6.07) is 0. The number of carbonyl (C=O) groups is 2. The van der Waals surface area contributed by atoms with Crippen LogP contribution in [-0.4, -0.2) is 44.4 Å². The highest BCUT2D eigenvalue weighted by Gasteiger charge is 2.08. The Labute approximate surface area is 114 Å². The van der Waals surface area contributed by atoms with Crippen molar-refractivity contribution in [3.05, 3.63) is 12.2 Å². The first-order valence-corrected chi connectivity index (χ1v) is 6.15. The summed E-state index contributed by atoms with van der Waals surface area (Å²) in [6.45, 7) is 6.60. The third kappa shape index (κ3) is 10.1. The zero-order valence-corrected chi connectivity index (χ0v) is 12.4. The van der Waals surface area contributed by atoms with Gasteiger partial charge in [0.15, 0.2) is 0 Å². The number of hydroxylamine groups is 2. The summed E-state index contributed by atoms with van der Waals surface area (Å²) in [5, 5.41) is 3.60. The SMILES string of the molecule is CON(C)C(=O)CCNC(=O)OCC=CC(C)(C)C. The van der Waals surface area contributed by atoms with Crippen molar-refractivity contribution in [2.45, 2.75) is 27.2 Å². The number of hydrogen-bond acceptors (Lipinski definition) is 4. The monoisotopic (exact) mass is 272 g/mol. The quantitative estimate of drug-likeness (QED) is 0.590. The molecular formula is C13H24N2O4. The standard InChI is InChI=1S/C13H24N2O4/c1-13(2,3)8-6-10-19-12(17)14-9-7-11(16)15(4)18-5/h6,8H,7,9-10H2,1-5H3,(H,14,17). The predicted molar refractivity (Wildman–Crippen MR) is 72.3 cm³/mol. The van der Waals surface area contributed by atoms with Crippen LogP contribution in [-0.2, 0) is 14.4 Å². The molecule has 0 aliphatic rings. The second-order valence-electron chi connectivity index (χ2n) is 5.12. The summed E-state index contributed by atoms with van der Waals surface area (Å²) >= 11 is 0.